The standard InChI is InChI=1S/C13H17ClN2O2.ClH/c1-10-8-16(6-5-15-10)13(17)9-18-12-4-2-3-11(14)7-12;/h2-4,7,10,15H,5-6,8-9H2,1H3;1H/t10-;/m1./s1. The van der Waals surface area contributed by atoms with Crippen molar-refractivity contribution in [2.24, 2.45) is 0 Å². The Balaban J connectivity index is 0.00000180. The molecule has 1 amide bonds. The van der Waals surface area contributed by atoms with Gasteiger partial charge in [-0.2, -0.15) is 0 Å². The molecule has 1 saturated heterocycles. The van der Waals surface area contributed by atoms with E-state index in [-0.39, 0.29) is 24.9 Å². The average molecular weight is 305 g/mol. The summed E-state index contributed by atoms with van der Waals surface area (Å²) in [4.78, 5) is 13.8. The summed E-state index contributed by atoms with van der Waals surface area (Å²) >= 11 is 5.84. The molecule has 1 N–H and O–H groups in total. The first kappa shape index (κ1) is 16.1. The Bertz CT molecular complexity index is 429. The zero-order valence-electron chi connectivity index (χ0n) is 10.8. The molecule has 0 aliphatic carbocycles. The molecule has 4 nitrogen and oxygen atoms in total. The number of halogens is 2. The summed E-state index contributed by atoms with van der Waals surface area (Å²) in [7, 11) is 0. The summed E-state index contributed by atoms with van der Waals surface area (Å²) in [6.45, 7) is 4.44. The topological polar surface area (TPSA) is 41.6 Å². The van der Waals surface area contributed by atoms with Gasteiger partial charge in [0.05, 0.1) is 0 Å². The van der Waals surface area contributed by atoms with Crippen molar-refractivity contribution >= 4 is 29.9 Å². The third-order valence-corrected chi connectivity index (χ3v) is 3.11. The molecular weight excluding hydrogens is 287 g/mol. The molecule has 0 unspecified atom stereocenters. The minimum atomic E-state index is 0. The number of carbonyl (C=O) groups is 1. The van der Waals surface area contributed by atoms with Gasteiger partial charge in [0.1, 0.15) is 5.75 Å². The van der Waals surface area contributed by atoms with Crippen LogP contribution in [0.1, 0.15) is 6.92 Å². The summed E-state index contributed by atoms with van der Waals surface area (Å²) < 4.78 is 5.44. The highest BCUT2D eigenvalue weighted by molar-refractivity contribution is 6.30. The molecule has 1 atom stereocenters. The molecular formula is C13H18Cl2N2O2. The van der Waals surface area contributed by atoms with E-state index in [4.69, 9.17) is 16.3 Å². The highest BCUT2D eigenvalue weighted by Gasteiger charge is 2.20. The van der Waals surface area contributed by atoms with E-state index in [2.05, 4.69) is 12.2 Å². The molecule has 0 radical (unpaired) electrons. The van der Waals surface area contributed by atoms with Crippen LogP contribution in [0.3, 0.4) is 0 Å². The molecule has 1 heterocycles. The smallest absolute Gasteiger partial charge is 0.260 e. The third-order valence-electron chi connectivity index (χ3n) is 2.88. The number of rotatable bonds is 3. The highest BCUT2D eigenvalue weighted by Crippen LogP contribution is 2.17. The van der Waals surface area contributed by atoms with Crippen LogP contribution in [0.2, 0.25) is 5.02 Å². The summed E-state index contributed by atoms with van der Waals surface area (Å²) in [6, 6.07) is 7.41. The Morgan fingerprint density at radius 1 is 1.58 bits per heavy atom. The molecule has 0 saturated carbocycles. The fourth-order valence-electron chi connectivity index (χ4n) is 1.95. The Kier molecular flexibility index (Phi) is 6.42. The van der Waals surface area contributed by atoms with Crippen LogP contribution in [0.25, 0.3) is 0 Å². The zero-order chi connectivity index (χ0) is 13.0. The molecule has 1 aromatic rings. The quantitative estimate of drug-likeness (QED) is 0.928. The molecule has 1 fully saturated rings. The van der Waals surface area contributed by atoms with Crippen molar-refractivity contribution in [3.05, 3.63) is 29.3 Å². The van der Waals surface area contributed by atoms with Gasteiger partial charge in [0, 0.05) is 30.7 Å². The molecule has 2 rings (SSSR count). The number of piperazine rings is 1. The lowest BCUT2D eigenvalue weighted by Crippen LogP contribution is -2.52. The maximum Gasteiger partial charge on any atom is 0.260 e. The van der Waals surface area contributed by atoms with Crippen LogP contribution < -0.4 is 10.1 Å². The first-order chi connectivity index (χ1) is 8.65. The molecule has 0 bridgehead atoms. The minimum Gasteiger partial charge on any atom is -0.484 e. The monoisotopic (exact) mass is 304 g/mol. The number of nitrogens with one attached hydrogen (secondary N) is 1. The molecule has 0 spiro atoms. The predicted octanol–water partition coefficient (Wildman–Crippen LogP) is 1.96. The van der Waals surface area contributed by atoms with E-state index in [1.807, 2.05) is 4.90 Å². The van der Waals surface area contributed by atoms with Crippen molar-refractivity contribution in [1.29, 1.82) is 0 Å². The van der Waals surface area contributed by atoms with Crippen LogP contribution in [-0.2, 0) is 4.79 Å². The van der Waals surface area contributed by atoms with Crippen molar-refractivity contribution in [1.82, 2.24) is 10.2 Å². The Labute approximate surface area is 124 Å². The first-order valence-electron chi connectivity index (χ1n) is 6.04. The van der Waals surface area contributed by atoms with Gasteiger partial charge in [0.2, 0.25) is 0 Å². The van der Waals surface area contributed by atoms with Gasteiger partial charge in [-0.05, 0) is 25.1 Å². The number of hydrogen-bond acceptors (Lipinski definition) is 3. The molecule has 1 aromatic carbocycles. The Morgan fingerprint density at radius 3 is 3.05 bits per heavy atom. The van der Waals surface area contributed by atoms with Crippen molar-refractivity contribution < 1.29 is 9.53 Å². The minimum absolute atomic E-state index is 0. The fourth-order valence-corrected chi connectivity index (χ4v) is 2.13. The molecule has 106 valence electrons. The van der Waals surface area contributed by atoms with E-state index in [1.54, 1.807) is 24.3 Å². The van der Waals surface area contributed by atoms with Gasteiger partial charge in [-0.25, -0.2) is 0 Å². The second-order valence-corrected chi connectivity index (χ2v) is 4.88. The van der Waals surface area contributed by atoms with E-state index < -0.39 is 0 Å². The largest absolute Gasteiger partial charge is 0.484 e. The summed E-state index contributed by atoms with van der Waals surface area (Å²) in [5.41, 5.74) is 0. The fraction of sp³-hybridized carbons (Fsp3) is 0.462. The van der Waals surface area contributed by atoms with Crippen molar-refractivity contribution in [3.63, 3.8) is 0 Å². The first-order valence-corrected chi connectivity index (χ1v) is 6.42. The number of amides is 1. The lowest BCUT2D eigenvalue weighted by Gasteiger charge is -2.31. The van der Waals surface area contributed by atoms with Gasteiger partial charge >= 0.3 is 0 Å². The number of benzene rings is 1. The predicted molar refractivity (Wildman–Crippen MR) is 78.2 cm³/mol. The Hall–Kier alpha value is -0.970. The number of carbonyl (C=O) groups excluding carboxylic acids is 1. The lowest BCUT2D eigenvalue weighted by molar-refractivity contribution is -0.134. The number of nitrogens with zero attached hydrogens (tertiary/aromatic N) is 1. The van der Waals surface area contributed by atoms with Crippen LogP contribution in [-0.4, -0.2) is 43.1 Å². The molecule has 0 aromatic heterocycles. The van der Waals surface area contributed by atoms with Crippen molar-refractivity contribution in [2.45, 2.75) is 13.0 Å². The zero-order valence-corrected chi connectivity index (χ0v) is 12.3. The molecule has 1 aliphatic heterocycles. The van der Waals surface area contributed by atoms with Crippen LogP contribution in [0.15, 0.2) is 24.3 Å². The van der Waals surface area contributed by atoms with Gasteiger partial charge in [0.25, 0.3) is 5.91 Å². The van der Waals surface area contributed by atoms with Gasteiger partial charge < -0.3 is 15.0 Å². The van der Waals surface area contributed by atoms with Gasteiger partial charge in [-0.3, -0.25) is 4.79 Å². The highest BCUT2D eigenvalue weighted by atomic mass is 35.5. The summed E-state index contributed by atoms with van der Waals surface area (Å²) in [5, 5.41) is 3.90. The van der Waals surface area contributed by atoms with Gasteiger partial charge in [-0.1, -0.05) is 17.7 Å². The van der Waals surface area contributed by atoms with Crippen molar-refractivity contribution in [2.75, 3.05) is 26.2 Å². The third kappa shape index (κ3) is 4.90. The van der Waals surface area contributed by atoms with Crippen LogP contribution in [0.5, 0.6) is 5.75 Å². The van der Waals surface area contributed by atoms with E-state index in [0.717, 1.165) is 19.6 Å². The summed E-state index contributed by atoms with van der Waals surface area (Å²) in [5.74, 6) is 0.641. The molecule has 1 aliphatic rings. The molecule has 6 heteroatoms. The number of hydrogen-bond donors (Lipinski definition) is 1. The average Bonchev–Trinajstić information content (AvgIpc) is 2.36. The van der Waals surface area contributed by atoms with Crippen LogP contribution in [0, 0.1) is 0 Å². The van der Waals surface area contributed by atoms with Crippen molar-refractivity contribution in [3.8, 4) is 5.75 Å². The van der Waals surface area contributed by atoms with E-state index in [9.17, 15) is 4.79 Å². The van der Waals surface area contributed by atoms with Crippen LogP contribution in [0.4, 0.5) is 0 Å². The maximum absolute atomic E-state index is 11.9. The Morgan fingerprint density at radius 2 is 2.37 bits per heavy atom. The van der Waals surface area contributed by atoms with Crippen LogP contribution >= 0.6 is 24.0 Å². The van der Waals surface area contributed by atoms with Gasteiger partial charge in [0.15, 0.2) is 6.61 Å². The normalized spacial score (nSPS) is 18.6. The second kappa shape index (κ2) is 7.58. The maximum atomic E-state index is 11.9. The SMILES string of the molecule is C[C@@H]1CN(C(=O)COc2cccc(Cl)c2)CCN1.Cl. The molecule has 19 heavy (non-hydrogen) atoms. The number of ether oxygens (including phenoxy) is 1. The van der Waals surface area contributed by atoms with Gasteiger partial charge in [-0.15, -0.1) is 12.4 Å². The second-order valence-electron chi connectivity index (χ2n) is 4.44. The summed E-state index contributed by atoms with van der Waals surface area (Å²) in [6.07, 6.45) is 0. The van der Waals surface area contributed by atoms with E-state index in [0.29, 0.717) is 16.8 Å². The van der Waals surface area contributed by atoms with E-state index in [1.165, 1.54) is 0 Å². The van der Waals surface area contributed by atoms with E-state index >= 15 is 0 Å². The lowest BCUT2D eigenvalue weighted by atomic mass is 10.2.